The van der Waals surface area contributed by atoms with Crippen LogP contribution in [-0.2, 0) is 4.79 Å². The highest BCUT2D eigenvalue weighted by Gasteiger charge is 2.47. The summed E-state index contributed by atoms with van der Waals surface area (Å²) >= 11 is 0. The fraction of sp³-hybridized carbons (Fsp3) is 0.389. The summed E-state index contributed by atoms with van der Waals surface area (Å²) in [4.78, 5) is 37.8. The summed E-state index contributed by atoms with van der Waals surface area (Å²) in [6.07, 6.45) is 2.06. The number of nitrogens with zero attached hydrogens (tertiary/aromatic N) is 1. The molecule has 124 valence electrons. The SMILES string of the molecule is O=C(O)[C@@H]1CN(C(=O)c2cc(=O)c3ccccc3o2)C[C@H]1C1CC1. The number of hydrogen-bond acceptors (Lipinski definition) is 4. The number of rotatable bonds is 3. The molecule has 0 radical (unpaired) electrons. The van der Waals surface area contributed by atoms with E-state index in [1.807, 2.05) is 0 Å². The number of carbonyl (C=O) groups excluding carboxylic acids is 1. The van der Waals surface area contributed by atoms with Crippen molar-refractivity contribution in [2.24, 2.45) is 17.8 Å². The molecule has 6 heteroatoms. The lowest BCUT2D eigenvalue weighted by Crippen LogP contribution is -2.30. The Kier molecular flexibility index (Phi) is 3.40. The van der Waals surface area contributed by atoms with Crippen molar-refractivity contribution in [2.45, 2.75) is 12.8 Å². The van der Waals surface area contributed by atoms with Crippen LogP contribution in [0, 0.1) is 17.8 Å². The fourth-order valence-corrected chi connectivity index (χ4v) is 3.62. The molecule has 24 heavy (non-hydrogen) atoms. The van der Waals surface area contributed by atoms with Gasteiger partial charge in [0.2, 0.25) is 0 Å². The second kappa shape index (κ2) is 5.47. The molecule has 1 aliphatic carbocycles. The minimum Gasteiger partial charge on any atom is -0.481 e. The number of aliphatic carboxylic acids is 1. The quantitative estimate of drug-likeness (QED) is 0.931. The molecular formula is C18H17NO5. The van der Waals surface area contributed by atoms with Crippen LogP contribution in [0.25, 0.3) is 11.0 Å². The topological polar surface area (TPSA) is 87.8 Å². The van der Waals surface area contributed by atoms with Crippen LogP contribution in [0.1, 0.15) is 23.4 Å². The summed E-state index contributed by atoms with van der Waals surface area (Å²) < 4.78 is 5.59. The lowest BCUT2D eigenvalue weighted by Gasteiger charge is -2.15. The third-order valence-corrected chi connectivity index (χ3v) is 5.04. The van der Waals surface area contributed by atoms with Gasteiger partial charge in [0.1, 0.15) is 5.58 Å². The highest BCUT2D eigenvalue weighted by Crippen LogP contribution is 2.44. The van der Waals surface area contributed by atoms with E-state index in [1.165, 1.54) is 11.0 Å². The van der Waals surface area contributed by atoms with E-state index in [9.17, 15) is 19.5 Å². The summed E-state index contributed by atoms with van der Waals surface area (Å²) in [5, 5.41) is 9.83. The Bertz CT molecular complexity index is 882. The molecule has 2 atom stereocenters. The zero-order valence-corrected chi connectivity index (χ0v) is 13.0. The van der Waals surface area contributed by atoms with Gasteiger partial charge >= 0.3 is 5.97 Å². The predicted octanol–water partition coefficient (Wildman–Crippen LogP) is 1.98. The summed E-state index contributed by atoms with van der Waals surface area (Å²) in [6, 6.07) is 7.96. The minimum absolute atomic E-state index is 0.00127. The van der Waals surface area contributed by atoms with Crippen molar-refractivity contribution in [3.8, 4) is 0 Å². The summed E-state index contributed by atoms with van der Waals surface area (Å²) in [5.41, 5.74) is 0.0917. The Balaban J connectivity index is 1.64. The van der Waals surface area contributed by atoms with Gasteiger partial charge in [-0.3, -0.25) is 14.4 Å². The maximum absolute atomic E-state index is 12.7. The molecule has 1 amide bonds. The molecule has 1 saturated heterocycles. The number of amides is 1. The molecule has 6 nitrogen and oxygen atoms in total. The first-order valence-corrected chi connectivity index (χ1v) is 8.09. The van der Waals surface area contributed by atoms with Crippen molar-refractivity contribution < 1.29 is 19.1 Å². The molecule has 2 aromatic rings. The highest BCUT2D eigenvalue weighted by atomic mass is 16.4. The highest BCUT2D eigenvalue weighted by molar-refractivity contribution is 5.93. The van der Waals surface area contributed by atoms with Gasteiger partial charge in [-0.2, -0.15) is 0 Å². The number of hydrogen-bond donors (Lipinski definition) is 1. The van der Waals surface area contributed by atoms with Crippen LogP contribution in [0.4, 0.5) is 0 Å². The van der Waals surface area contributed by atoms with Gasteiger partial charge in [0, 0.05) is 19.2 Å². The van der Waals surface area contributed by atoms with Crippen molar-refractivity contribution in [1.29, 1.82) is 0 Å². The third kappa shape index (κ3) is 2.48. The van der Waals surface area contributed by atoms with E-state index < -0.39 is 17.8 Å². The number of fused-ring (bicyclic) bond motifs is 1. The number of carboxylic acids is 1. The molecule has 4 rings (SSSR count). The van der Waals surface area contributed by atoms with E-state index in [-0.39, 0.29) is 23.7 Å². The Morgan fingerprint density at radius 3 is 2.62 bits per heavy atom. The molecule has 0 unspecified atom stereocenters. The molecule has 2 heterocycles. The Morgan fingerprint density at radius 2 is 1.92 bits per heavy atom. The van der Waals surface area contributed by atoms with Gasteiger partial charge in [-0.05, 0) is 36.8 Å². The van der Waals surface area contributed by atoms with Gasteiger partial charge in [-0.15, -0.1) is 0 Å². The number of carbonyl (C=O) groups is 2. The largest absolute Gasteiger partial charge is 0.481 e. The predicted molar refractivity (Wildman–Crippen MR) is 85.7 cm³/mol. The normalized spacial score (nSPS) is 23.6. The van der Waals surface area contributed by atoms with Crippen LogP contribution in [0.3, 0.4) is 0 Å². The molecule has 1 aromatic carbocycles. The monoisotopic (exact) mass is 327 g/mol. The van der Waals surface area contributed by atoms with Crippen molar-refractivity contribution in [1.82, 2.24) is 4.90 Å². The fourth-order valence-electron chi connectivity index (χ4n) is 3.62. The maximum Gasteiger partial charge on any atom is 0.308 e. The van der Waals surface area contributed by atoms with E-state index in [2.05, 4.69) is 0 Å². The van der Waals surface area contributed by atoms with E-state index >= 15 is 0 Å². The zero-order valence-electron chi connectivity index (χ0n) is 13.0. The lowest BCUT2D eigenvalue weighted by molar-refractivity contribution is -0.142. The van der Waals surface area contributed by atoms with E-state index in [4.69, 9.17) is 4.42 Å². The molecular weight excluding hydrogens is 310 g/mol. The summed E-state index contributed by atoms with van der Waals surface area (Å²) in [6.45, 7) is 0.586. The Labute approximate surface area is 137 Å². The molecule has 1 aromatic heterocycles. The first-order valence-electron chi connectivity index (χ1n) is 8.09. The van der Waals surface area contributed by atoms with E-state index in [0.717, 1.165) is 12.8 Å². The number of likely N-dealkylation sites (tertiary alicyclic amines) is 1. The molecule has 1 aliphatic heterocycles. The van der Waals surface area contributed by atoms with Crippen molar-refractivity contribution in [2.75, 3.05) is 13.1 Å². The van der Waals surface area contributed by atoms with Gasteiger partial charge in [0.05, 0.1) is 11.3 Å². The van der Waals surface area contributed by atoms with Gasteiger partial charge in [0.25, 0.3) is 5.91 Å². The first-order chi connectivity index (χ1) is 11.5. The lowest BCUT2D eigenvalue weighted by atomic mass is 9.92. The van der Waals surface area contributed by atoms with Gasteiger partial charge < -0.3 is 14.4 Å². The van der Waals surface area contributed by atoms with Crippen LogP contribution in [-0.4, -0.2) is 35.0 Å². The first kappa shape index (κ1) is 14.9. The zero-order chi connectivity index (χ0) is 16.8. The van der Waals surface area contributed by atoms with Crippen molar-refractivity contribution in [3.05, 3.63) is 46.3 Å². The van der Waals surface area contributed by atoms with Gasteiger partial charge in [0.15, 0.2) is 11.2 Å². The van der Waals surface area contributed by atoms with E-state index in [1.54, 1.807) is 24.3 Å². The van der Waals surface area contributed by atoms with Crippen LogP contribution in [0.2, 0.25) is 0 Å². The molecule has 1 saturated carbocycles. The standard InChI is InChI=1S/C18H17NO5/c20-14-7-16(24-15-4-2-1-3-11(14)15)17(21)19-8-12(10-5-6-10)13(9-19)18(22)23/h1-4,7,10,12-13H,5-6,8-9H2,(H,22,23)/t12-,13+/m0/s1. The van der Waals surface area contributed by atoms with Crippen molar-refractivity contribution in [3.63, 3.8) is 0 Å². The molecule has 0 bridgehead atoms. The minimum atomic E-state index is -0.859. The summed E-state index contributed by atoms with van der Waals surface area (Å²) in [5.74, 6) is -1.44. The Hall–Kier alpha value is -2.63. The van der Waals surface area contributed by atoms with Gasteiger partial charge in [-0.25, -0.2) is 0 Å². The molecule has 2 fully saturated rings. The van der Waals surface area contributed by atoms with Crippen LogP contribution in [0.15, 0.2) is 39.5 Å². The van der Waals surface area contributed by atoms with Crippen molar-refractivity contribution >= 4 is 22.8 Å². The third-order valence-electron chi connectivity index (χ3n) is 5.04. The van der Waals surface area contributed by atoms with Gasteiger partial charge in [-0.1, -0.05) is 12.1 Å². The summed E-state index contributed by atoms with van der Waals surface area (Å²) in [7, 11) is 0. The number of benzene rings is 1. The average Bonchev–Trinajstić information content (AvgIpc) is 3.32. The second-order valence-electron chi connectivity index (χ2n) is 6.63. The number of para-hydroxylation sites is 1. The number of carboxylic acid groups (broad SMARTS) is 1. The second-order valence-corrected chi connectivity index (χ2v) is 6.63. The smallest absolute Gasteiger partial charge is 0.308 e. The Morgan fingerprint density at radius 1 is 1.17 bits per heavy atom. The molecule has 0 spiro atoms. The van der Waals surface area contributed by atoms with E-state index in [0.29, 0.717) is 23.4 Å². The molecule has 1 N–H and O–H groups in total. The van der Waals surface area contributed by atoms with Crippen LogP contribution < -0.4 is 5.43 Å². The van der Waals surface area contributed by atoms with Crippen LogP contribution in [0.5, 0.6) is 0 Å². The van der Waals surface area contributed by atoms with Crippen LogP contribution >= 0.6 is 0 Å². The molecule has 2 aliphatic rings. The maximum atomic E-state index is 12.7. The average molecular weight is 327 g/mol.